The van der Waals surface area contributed by atoms with Gasteiger partial charge in [0, 0.05) is 5.39 Å². The molecule has 2 rings (SSSR count). The van der Waals surface area contributed by atoms with Crippen LogP contribution in [0.3, 0.4) is 0 Å². The third kappa shape index (κ3) is 2.53. The Morgan fingerprint density at radius 1 is 1.35 bits per heavy atom. The number of para-hydroxylation sites is 1. The summed E-state index contributed by atoms with van der Waals surface area (Å²) in [6.07, 6.45) is -0.0730. The molecule has 1 aromatic heterocycles. The lowest BCUT2D eigenvalue weighted by molar-refractivity contribution is -0.136. The summed E-state index contributed by atoms with van der Waals surface area (Å²) < 4.78 is 5.47. The summed E-state index contributed by atoms with van der Waals surface area (Å²) in [4.78, 5) is 15.0. The summed E-state index contributed by atoms with van der Waals surface area (Å²) in [6, 6.07) is 9.25. The first-order chi connectivity index (χ1) is 8.20. The zero-order valence-corrected chi connectivity index (χ0v) is 9.51. The van der Waals surface area contributed by atoms with Crippen molar-refractivity contribution in [3.63, 3.8) is 0 Å². The van der Waals surface area contributed by atoms with E-state index in [1.54, 1.807) is 6.07 Å². The van der Waals surface area contributed by atoms with Crippen LogP contribution in [-0.2, 0) is 11.2 Å². The molecule has 0 unspecified atom stereocenters. The molecule has 1 N–H and O–H groups in total. The first-order valence-electron chi connectivity index (χ1n) is 5.44. The van der Waals surface area contributed by atoms with Gasteiger partial charge in [0.25, 0.3) is 0 Å². The molecular formula is C13H13NO3. The van der Waals surface area contributed by atoms with Crippen LogP contribution in [0.2, 0.25) is 0 Å². The van der Waals surface area contributed by atoms with Crippen LogP contribution in [0.25, 0.3) is 10.9 Å². The normalized spacial score (nSPS) is 10.4. The van der Waals surface area contributed by atoms with Gasteiger partial charge in [-0.3, -0.25) is 4.79 Å². The van der Waals surface area contributed by atoms with Gasteiger partial charge in [0.05, 0.1) is 18.7 Å². The molecule has 4 nitrogen and oxygen atoms in total. The molecule has 0 fully saturated rings. The number of aromatic nitrogens is 1. The summed E-state index contributed by atoms with van der Waals surface area (Å²) in [5, 5.41) is 9.69. The van der Waals surface area contributed by atoms with Gasteiger partial charge < -0.3 is 9.84 Å². The summed E-state index contributed by atoms with van der Waals surface area (Å²) in [5.41, 5.74) is 1.25. The molecule has 0 saturated carbocycles. The van der Waals surface area contributed by atoms with Crippen molar-refractivity contribution in [1.82, 2.24) is 4.98 Å². The second-order valence-corrected chi connectivity index (χ2v) is 3.63. The summed E-state index contributed by atoms with van der Waals surface area (Å²) >= 11 is 0. The lowest BCUT2D eigenvalue weighted by atomic mass is 10.1. The highest BCUT2D eigenvalue weighted by atomic mass is 16.5. The highest BCUT2D eigenvalue weighted by Gasteiger charge is 2.06. The molecule has 0 saturated heterocycles. The van der Waals surface area contributed by atoms with Crippen molar-refractivity contribution < 1.29 is 14.6 Å². The van der Waals surface area contributed by atoms with Gasteiger partial charge in [-0.05, 0) is 19.1 Å². The maximum atomic E-state index is 10.6. The third-order valence-corrected chi connectivity index (χ3v) is 2.37. The first kappa shape index (κ1) is 11.4. The molecule has 1 aromatic carbocycles. The van der Waals surface area contributed by atoms with Crippen LogP contribution >= 0.6 is 0 Å². The molecule has 0 aliphatic carbocycles. The minimum absolute atomic E-state index is 0.0730. The molecule has 0 radical (unpaired) electrons. The molecule has 4 heteroatoms. The quantitative estimate of drug-likeness (QED) is 0.876. The van der Waals surface area contributed by atoms with E-state index in [9.17, 15) is 4.79 Å². The Labute approximate surface area is 98.9 Å². The van der Waals surface area contributed by atoms with Gasteiger partial charge >= 0.3 is 5.97 Å². The van der Waals surface area contributed by atoms with E-state index in [-0.39, 0.29) is 6.42 Å². The molecule has 17 heavy (non-hydrogen) atoms. The smallest absolute Gasteiger partial charge is 0.309 e. The fraction of sp³-hybridized carbons (Fsp3) is 0.231. The molecule has 1 heterocycles. The lowest BCUT2D eigenvalue weighted by Gasteiger charge is -2.07. The number of benzene rings is 1. The van der Waals surface area contributed by atoms with Gasteiger partial charge in [-0.15, -0.1) is 0 Å². The highest BCUT2D eigenvalue weighted by molar-refractivity contribution is 5.85. The molecule has 0 aliphatic rings. The number of aliphatic carboxylic acids is 1. The number of carbonyl (C=O) groups is 1. The molecule has 0 amide bonds. The van der Waals surface area contributed by atoms with Crippen molar-refractivity contribution in [2.75, 3.05) is 6.61 Å². The first-order valence-corrected chi connectivity index (χ1v) is 5.44. The Morgan fingerprint density at radius 2 is 2.18 bits per heavy atom. The van der Waals surface area contributed by atoms with E-state index < -0.39 is 5.97 Å². The van der Waals surface area contributed by atoms with Gasteiger partial charge in [0.2, 0.25) is 0 Å². The lowest BCUT2D eigenvalue weighted by Crippen LogP contribution is -2.03. The Hall–Kier alpha value is -2.10. The average molecular weight is 231 g/mol. The molecule has 0 spiro atoms. The van der Waals surface area contributed by atoms with Crippen molar-refractivity contribution in [2.24, 2.45) is 0 Å². The largest absolute Gasteiger partial charge is 0.492 e. The third-order valence-electron chi connectivity index (χ3n) is 2.37. The van der Waals surface area contributed by atoms with Gasteiger partial charge in [0.15, 0.2) is 0 Å². The number of ether oxygens (including phenoxy) is 1. The van der Waals surface area contributed by atoms with E-state index in [0.717, 1.165) is 5.39 Å². The van der Waals surface area contributed by atoms with E-state index in [0.29, 0.717) is 23.6 Å². The monoisotopic (exact) mass is 231 g/mol. The van der Waals surface area contributed by atoms with E-state index in [1.807, 2.05) is 31.2 Å². The van der Waals surface area contributed by atoms with E-state index >= 15 is 0 Å². The van der Waals surface area contributed by atoms with E-state index in [2.05, 4.69) is 4.98 Å². The van der Waals surface area contributed by atoms with Crippen molar-refractivity contribution in [3.8, 4) is 5.75 Å². The number of hydrogen-bond acceptors (Lipinski definition) is 3. The second-order valence-electron chi connectivity index (χ2n) is 3.63. The maximum absolute atomic E-state index is 10.6. The van der Waals surface area contributed by atoms with Crippen LogP contribution in [0.15, 0.2) is 30.3 Å². The topological polar surface area (TPSA) is 59.4 Å². The standard InChI is InChI=1S/C13H13NO3/c1-2-17-11-5-3-4-9-6-7-10(8-12(15)16)14-13(9)11/h3-7H,2,8H2,1H3,(H,15,16). The average Bonchev–Trinajstić information content (AvgIpc) is 2.29. The molecule has 88 valence electrons. The maximum Gasteiger partial charge on any atom is 0.309 e. The number of pyridine rings is 1. The number of hydrogen-bond donors (Lipinski definition) is 1. The number of carboxylic acids is 1. The fourth-order valence-corrected chi connectivity index (χ4v) is 1.69. The van der Waals surface area contributed by atoms with E-state index in [1.165, 1.54) is 0 Å². The Balaban J connectivity index is 2.49. The van der Waals surface area contributed by atoms with Gasteiger partial charge in [-0.1, -0.05) is 18.2 Å². The molecule has 0 atom stereocenters. The van der Waals surface area contributed by atoms with Gasteiger partial charge in [0.1, 0.15) is 11.3 Å². The predicted molar refractivity (Wildman–Crippen MR) is 64.3 cm³/mol. The molecule has 0 aliphatic heterocycles. The number of fused-ring (bicyclic) bond motifs is 1. The predicted octanol–water partition coefficient (Wildman–Crippen LogP) is 2.26. The Kier molecular flexibility index (Phi) is 3.23. The second kappa shape index (κ2) is 4.82. The zero-order valence-electron chi connectivity index (χ0n) is 9.51. The van der Waals surface area contributed by atoms with Crippen molar-refractivity contribution in [3.05, 3.63) is 36.0 Å². The minimum Gasteiger partial charge on any atom is -0.492 e. The van der Waals surface area contributed by atoms with Crippen LogP contribution in [0.4, 0.5) is 0 Å². The summed E-state index contributed by atoms with van der Waals surface area (Å²) in [5.74, 6) is -0.192. The highest BCUT2D eigenvalue weighted by Crippen LogP contribution is 2.24. The van der Waals surface area contributed by atoms with Gasteiger partial charge in [-0.2, -0.15) is 0 Å². The molecule has 2 aromatic rings. The van der Waals surface area contributed by atoms with Crippen LogP contribution in [-0.4, -0.2) is 22.7 Å². The number of nitrogens with zero attached hydrogens (tertiary/aromatic N) is 1. The van der Waals surface area contributed by atoms with Crippen LogP contribution in [0.1, 0.15) is 12.6 Å². The van der Waals surface area contributed by atoms with Crippen molar-refractivity contribution >= 4 is 16.9 Å². The van der Waals surface area contributed by atoms with Crippen molar-refractivity contribution in [1.29, 1.82) is 0 Å². The summed E-state index contributed by atoms with van der Waals surface area (Å²) in [6.45, 7) is 2.46. The summed E-state index contributed by atoms with van der Waals surface area (Å²) in [7, 11) is 0. The van der Waals surface area contributed by atoms with Gasteiger partial charge in [-0.25, -0.2) is 4.98 Å². The SMILES string of the molecule is CCOc1cccc2ccc(CC(=O)O)nc12. The molecular weight excluding hydrogens is 218 g/mol. The van der Waals surface area contributed by atoms with Crippen LogP contribution in [0, 0.1) is 0 Å². The number of carboxylic acid groups (broad SMARTS) is 1. The Morgan fingerprint density at radius 3 is 2.88 bits per heavy atom. The van der Waals surface area contributed by atoms with E-state index in [4.69, 9.17) is 9.84 Å². The van der Waals surface area contributed by atoms with Crippen LogP contribution < -0.4 is 4.74 Å². The van der Waals surface area contributed by atoms with Crippen molar-refractivity contribution in [2.45, 2.75) is 13.3 Å². The Bertz CT molecular complexity index is 551. The zero-order chi connectivity index (χ0) is 12.3. The molecule has 0 bridgehead atoms. The number of rotatable bonds is 4. The minimum atomic E-state index is -0.884. The van der Waals surface area contributed by atoms with Crippen LogP contribution in [0.5, 0.6) is 5.75 Å². The fourth-order valence-electron chi connectivity index (χ4n) is 1.69.